The Morgan fingerprint density at radius 1 is 1.50 bits per heavy atom. The molecule has 0 aliphatic carbocycles. The van der Waals surface area contributed by atoms with E-state index < -0.39 is 5.91 Å². The third-order valence-electron chi connectivity index (χ3n) is 2.01. The van der Waals surface area contributed by atoms with Crippen LogP contribution in [0.3, 0.4) is 0 Å². The van der Waals surface area contributed by atoms with Gasteiger partial charge in [-0.3, -0.25) is 4.79 Å². The second-order valence-corrected chi connectivity index (χ2v) is 3.18. The summed E-state index contributed by atoms with van der Waals surface area (Å²) >= 11 is 0. The fourth-order valence-corrected chi connectivity index (χ4v) is 1.32. The van der Waals surface area contributed by atoms with Crippen molar-refractivity contribution >= 4 is 12.0 Å². The molecule has 1 rings (SSSR count). The maximum absolute atomic E-state index is 11.0. The number of hydrogen-bond donors (Lipinski definition) is 0. The molecule has 0 aromatic heterocycles. The van der Waals surface area contributed by atoms with E-state index in [1.54, 1.807) is 0 Å². The van der Waals surface area contributed by atoms with E-state index in [2.05, 4.69) is 4.99 Å². The van der Waals surface area contributed by atoms with Crippen molar-refractivity contribution < 1.29 is 14.3 Å². The van der Waals surface area contributed by atoms with Crippen LogP contribution in [0.1, 0.15) is 18.9 Å². The highest BCUT2D eigenvalue weighted by atomic mass is 16.5. The molecule has 0 bridgehead atoms. The minimum Gasteiger partial charge on any atom is -0.494 e. The van der Waals surface area contributed by atoms with Gasteiger partial charge in [0.2, 0.25) is 6.08 Å². The number of carbonyl (C=O) groups is 1. The van der Waals surface area contributed by atoms with E-state index >= 15 is 0 Å². The Balaban J connectivity index is 2.56. The van der Waals surface area contributed by atoms with Crippen LogP contribution in [-0.4, -0.2) is 18.6 Å². The monoisotopic (exact) mass is 219 g/mol. The van der Waals surface area contributed by atoms with Gasteiger partial charge in [0.05, 0.1) is 6.61 Å². The van der Waals surface area contributed by atoms with Gasteiger partial charge in [0.1, 0.15) is 5.75 Å². The minimum atomic E-state index is -0.447. The van der Waals surface area contributed by atoms with Gasteiger partial charge in [-0.2, -0.15) is 0 Å². The van der Waals surface area contributed by atoms with Crippen LogP contribution in [0.5, 0.6) is 5.75 Å². The van der Waals surface area contributed by atoms with Crippen molar-refractivity contribution in [1.29, 1.82) is 0 Å². The molecule has 1 aromatic carbocycles. The Labute approximate surface area is 94.0 Å². The zero-order chi connectivity index (χ0) is 11.8. The summed E-state index contributed by atoms with van der Waals surface area (Å²) < 4.78 is 5.33. The third kappa shape index (κ3) is 4.07. The van der Waals surface area contributed by atoms with Crippen LogP contribution in [0, 0.1) is 0 Å². The number of aliphatic imine (C=N–C) groups is 1. The van der Waals surface area contributed by atoms with Gasteiger partial charge >= 0.3 is 0 Å². The molecule has 0 aliphatic heterocycles. The van der Waals surface area contributed by atoms with E-state index in [0.29, 0.717) is 13.0 Å². The molecular weight excluding hydrogens is 206 g/mol. The maximum atomic E-state index is 11.0. The van der Waals surface area contributed by atoms with E-state index in [9.17, 15) is 9.59 Å². The zero-order valence-electron chi connectivity index (χ0n) is 9.10. The fraction of sp³-hybridized carbons (Fsp3) is 0.333. The normalized spacial score (nSPS) is 9.31. The fourth-order valence-electron chi connectivity index (χ4n) is 1.32. The Kier molecular flexibility index (Phi) is 4.96. The number of carbonyl (C=O) groups excluding carboxylic acids is 2. The highest BCUT2D eigenvalue weighted by molar-refractivity contribution is 5.81. The summed E-state index contributed by atoms with van der Waals surface area (Å²) in [4.78, 5) is 23.8. The summed E-state index contributed by atoms with van der Waals surface area (Å²) in [7, 11) is 0. The first-order chi connectivity index (χ1) is 7.76. The summed E-state index contributed by atoms with van der Waals surface area (Å²) in [6.45, 7) is 2.52. The average Bonchev–Trinajstić information content (AvgIpc) is 2.28. The number of isocyanates is 1. The first-order valence-corrected chi connectivity index (χ1v) is 5.08. The second kappa shape index (κ2) is 6.53. The molecule has 1 aromatic rings. The summed E-state index contributed by atoms with van der Waals surface area (Å²) in [5.74, 6) is 0.336. The molecule has 0 radical (unpaired) electrons. The van der Waals surface area contributed by atoms with Gasteiger partial charge in [0, 0.05) is 6.42 Å². The molecule has 0 spiro atoms. The Morgan fingerprint density at radius 2 is 2.31 bits per heavy atom. The molecule has 0 unspecified atom stereocenters. The molecule has 0 atom stereocenters. The first-order valence-electron chi connectivity index (χ1n) is 5.08. The predicted octanol–water partition coefficient (Wildman–Crippen LogP) is 1.88. The Hall–Kier alpha value is -1.93. The Bertz CT molecular complexity index is 408. The van der Waals surface area contributed by atoms with E-state index in [4.69, 9.17) is 4.74 Å². The van der Waals surface area contributed by atoms with Gasteiger partial charge in [-0.25, -0.2) is 4.79 Å². The van der Waals surface area contributed by atoms with E-state index in [1.165, 1.54) is 6.08 Å². The third-order valence-corrected chi connectivity index (χ3v) is 2.01. The number of hydrogen-bond acceptors (Lipinski definition) is 3. The van der Waals surface area contributed by atoms with Gasteiger partial charge in [-0.15, -0.1) is 4.99 Å². The topological polar surface area (TPSA) is 55.7 Å². The summed E-state index contributed by atoms with van der Waals surface area (Å²) in [6.07, 6.45) is 2.00. The lowest BCUT2D eigenvalue weighted by Gasteiger charge is -2.04. The SMILES string of the molecule is CCOc1cccc(CCC(=O)N=C=O)c1. The molecular formula is C12H13NO3. The standard InChI is InChI=1S/C12H13NO3/c1-2-16-11-5-3-4-10(8-11)6-7-12(15)13-9-14/h3-5,8H,2,6-7H2,1H3. The average molecular weight is 219 g/mol. The molecule has 0 aliphatic rings. The lowest BCUT2D eigenvalue weighted by Crippen LogP contribution is -1.97. The Morgan fingerprint density at radius 3 is 3.00 bits per heavy atom. The molecule has 16 heavy (non-hydrogen) atoms. The number of ether oxygens (including phenoxy) is 1. The zero-order valence-corrected chi connectivity index (χ0v) is 9.10. The van der Waals surface area contributed by atoms with Crippen LogP contribution in [0.2, 0.25) is 0 Å². The summed E-state index contributed by atoms with van der Waals surface area (Å²) in [5.41, 5.74) is 0.986. The van der Waals surface area contributed by atoms with Crippen molar-refractivity contribution in [2.45, 2.75) is 19.8 Å². The van der Waals surface area contributed by atoms with Crippen molar-refractivity contribution in [3.63, 3.8) is 0 Å². The van der Waals surface area contributed by atoms with Gasteiger partial charge in [-0.05, 0) is 31.0 Å². The number of aryl methyl sites for hydroxylation is 1. The molecule has 0 N–H and O–H groups in total. The molecule has 84 valence electrons. The molecule has 0 heterocycles. The van der Waals surface area contributed by atoms with Gasteiger partial charge in [0.25, 0.3) is 5.91 Å². The highest BCUT2D eigenvalue weighted by Gasteiger charge is 2.01. The van der Waals surface area contributed by atoms with E-state index in [-0.39, 0.29) is 6.42 Å². The number of rotatable bonds is 5. The van der Waals surface area contributed by atoms with Crippen LogP contribution in [-0.2, 0) is 16.0 Å². The number of amides is 1. The minimum absolute atomic E-state index is 0.213. The quantitative estimate of drug-likeness (QED) is 0.561. The lowest BCUT2D eigenvalue weighted by atomic mass is 10.1. The van der Waals surface area contributed by atoms with Gasteiger partial charge in [-0.1, -0.05) is 12.1 Å². The molecule has 4 heteroatoms. The van der Waals surface area contributed by atoms with Crippen molar-refractivity contribution in [2.24, 2.45) is 4.99 Å². The van der Waals surface area contributed by atoms with E-state index in [1.807, 2.05) is 31.2 Å². The van der Waals surface area contributed by atoms with Crippen molar-refractivity contribution in [1.82, 2.24) is 0 Å². The molecule has 0 saturated carbocycles. The summed E-state index contributed by atoms with van der Waals surface area (Å²) in [6, 6.07) is 7.51. The van der Waals surface area contributed by atoms with Crippen LogP contribution in [0.15, 0.2) is 29.3 Å². The smallest absolute Gasteiger partial charge is 0.256 e. The maximum Gasteiger partial charge on any atom is 0.256 e. The highest BCUT2D eigenvalue weighted by Crippen LogP contribution is 2.14. The van der Waals surface area contributed by atoms with Gasteiger partial charge in [0.15, 0.2) is 0 Å². The van der Waals surface area contributed by atoms with Crippen LogP contribution < -0.4 is 4.74 Å². The largest absolute Gasteiger partial charge is 0.494 e. The first kappa shape index (κ1) is 12.1. The molecule has 1 amide bonds. The molecule has 4 nitrogen and oxygen atoms in total. The number of nitrogens with zero attached hydrogens (tertiary/aromatic N) is 1. The predicted molar refractivity (Wildman–Crippen MR) is 59.1 cm³/mol. The summed E-state index contributed by atoms with van der Waals surface area (Å²) in [5, 5.41) is 0. The lowest BCUT2D eigenvalue weighted by molar-refractivity contribution is -0.117. The van der Waals surface area contributed by atoms with Crippen LogP contribution in [0.25, 0.3) is 0 Å². The van der Waals surface area contributed by atoms with Gasteiger partial charge < -0.3 is 4.74 Å². The van der Waals surface area contributed by atoms with Crippen molar-refractivity contribution in [2.75, 3.05) is 6.61 Å². The van der Waals surface area contributed by atoms with Crippen molar-refractivity contribution in [3.8, 4) is 5.75 Å². The van der Waals surface area contributed by atoms with Crippen LogP contribution >= 0.6 is 0 Å². The van der Waals surface area contributed by atoms with Crippen LogP contribution in [0.4, 0.5) is 0 Å². The second-order valence-electron chi connectivity index (χ2n) is 3.18. The molecule has 0 fully saturated rings. The van der Waals surface area contributed by atoms with E-state index in [0.717, 1.165) is 11.3 Å². The van der Waals surface area contributed by atoms with Crippen molar-refractivity contribution in [3.05, 3.63) is 29.8 Å². The number of benzene rings is 1. The molecule has 0 saturated heterocycles.